The summed E-state index contributed by atoms with van der Waals surface area (Å²) in [6.07, 6.45) is 6.29. The Labute approximate surface area is 124 Å². The van der Waals surface area contributed by atoms with Crippen molar-refractivity contribution in [2.75, 3.05) is 0 Å². The molecular weight excluding hydrogens is 304 g/mol. The summed E-state index contributed by atoms with van der Waals surface area (Å²) in [6.45, 7) is 4.56. The molecule has 1 heterocycles. The molecule has 0 aliphatic carbocycles. The molecule has 0 N–H and O–H groups in total. The predicted molar refractivity (Wildman–Crippen MR) is 70.2 cm³/mol. The van der Waals surface area contributed by atoms with Crippen LogP contribution >= 0.6 is 0 Å². The zero-order valence-corrected chi connectivity index (χ0v) is 13.1. The number of imidazole rings is 1. The van der Waals surface area contributed by atoms with E-state index in [1.54, 1.807) is 0 Å². The summed E-state index contributed by atoms with van der Waals surface area (Å²) < 4.78 is 3.85. The van der Waals surface area contributed by atoms with E-state index in [1.807, 2.05) is 41.0 Å². The summed E-state index contributed by atoms with van der Waals surface area (Å²) in [7, 11) is 1.95. The lowest BCUT2D eigenvalue weighted by Gasteiger charge is -2.07. The van der Waals surface area contributed by atoms with E-state index < -0.39 is 0 Å². The highest BCUT2D eigenvalue weighted by atomic mass is 79.9. The van der Waals surface area contributed by atoms with E-state index in [-0.39, 0.29) is 22.8 Å². The highest BCUT2D eigenvalue weighted by Gasteiger charge is 2.11. The molecule has 0 atom stereocenters. The van der Waals surface area contributed by atoms with E-state index >= 15 is 0 Å². The van der Waals surface area contributed by atoms with Gasteiger partial charge in [0.05, 0.1) is 7.05 Å². The van der Waals surface area contributed by atoms with Crippen molar-refractivity contribution in [3.63, 3.8) is 0 Å². The Morgan fingerprint density at radius 1 is 1.26 bits per heavy atom. The third-order valence-electron chi connectivity index (χ3n) is 3.20. The quantitative estimate of drug-likeness (QED) is 0.646. The number of Topliss-reactive ketones (excluding diaryl/α,β-unsaturated/α-hetero) is 1. The second-order valence-corrected chi connectivity index (χ2v) is 4.84. The van der Waals surface area contributed by atoms with Crippen LogP contribution in [0.4, 0.5) is 0 Å². The number of halogens is 1. The van der Waals surface area contributed by atoms with Crippen molar-refractivity contribution in [2.24, 2.45) is 7.05 Å². The summed E-state index contributed by atoms with van der Waals surface area (Å²) in [4.78, 5) is 12.1. The minimum atomic E-state index is 0. The van der Waals surface area contributed by atoms with Gasteiger partial charge >= 0.3 is 0 Å². The number of carbonyl (C=O) groups is 1. The van der Waals surface area contributed by atoms with E-state index in [1.165, 1.54) is 16.7 Å². The fourth-order valence-corrected chi connectivity index (χ4v) is 2.18. The van der Waals surface area contributed by atoms with Crippen molar-refractivity contribution in [3.05, 3.63) is 53.6 Å². The van der Waals surface area contributed by atoms with Gasteiger partial charge in [-0.1, -0.05) is 18.2 Å². The van der Waals surface area contributed by atoms with Crippen LogP contribution in [0.2, 0.25) is 0 Å². The largest absolute Gasteiger partial charge is 1.00 e. The molecule has 2 aromatic rings. The molecular formula is C15H19BrN2O. The first-order valence-electron chi connectivity index (χ1n) is 6.14. The fourth-order valence-electron chi connectivity index (χ4n) is 2.18. The normalized spacial score (nSPS) is 10.1. The van der Waals surface area contributed by atoms with Crippen LogP contribution in [0.25, 0.3) is 0 Å². The molecule has 3 nitrogen and oxygen atoms in total. The molecule has 0 aliphatic heterocycles. The van der Waals surface area contributed by atoms with Gasteiger partial charge in [-0.2, -0.15) is 0 Å². The molecule has 0 radical (unpaired) electrons. The number of ketones is 1. The average Bonchev–Trinajstić information content (AvgIpc) is 2.69. The van der Waals surface area contributed by atoms with Gasteiger partial charge in [-0.15, -0.1) is 0 Å². The molecule has 19 heavy (non-hydrogen) atoms. The SMILES string of the molecule is Cc1cccc(C)c1CC(=O)Cn1cc[n+](C)c1.[Br-]. The van der Waals surface area contributed by atoms with Gasteiger partial charge in [0, 0.05) is 6.42 Å². The summed E-state index contributed by atoms with van der Waals surface area (Å²) in [6, 6.07) is 6.15. The van der Waals surface area contributed by atoms with E-state index in [2.05, 4.69) is 26.0 Å². The standard InChI is InChI=1S/C15H19N2O.BrH/c1-12-5-4-6-13(2)15(12)9-14(18)10-17-8-7-16(3)11-17;/h4-8,11H,9-10H2,1-3H3;1H/q+1;/p-1. The topological polar surface area (TPSA) is 25.9 Å². The van der Waals surface area contributed by atoms with Crippen molar-refractivity contribution in [3.8, 4) is 0 Å². The van der Waals surface area contributed by atoms with Gasteiger partial charge in [0.15, 0.2) is 5.78 Å². The van der Waals surface area contributed by atoms with Crippen LogP contribution in [0.1, 0.15) is 16.7 Å². The highest BCUT2D eigenvalue weighted by molar-refractivity contribution is 5.81. The van der Waals surface area contributed by atoms with Gasteiger partial charge in [0.2, 0.25) is 6.33 Å². The maximum Gasteiger partial charge on any atom is 0.243 e. The predicted octanol–water partition coefficient (Wildman–Crippen LogP) is -1.25. The lowest BCUT2D eigenvalue weighted by molar-refractivity contribution is -0.671. The number of carbonyl (C=O) groups excluding carboxylic acids is 1. The van der Waals surface area contributed by atoms with Crippen molar-refractivity contribution in [1.82, 2.24) is 4.57 Å². The van der Waals surface area contributed by atoms with E-state index in [0.29, 0.717) is 13.0 Å². The number of hydrogen-bond acceptors (Lipinski definition) is 1. The summed E-state index contributed by atoms with van der Waals surface area (Å²) in [5.74, 6) is 0.239. The zero-order chi connectivity index (χ0) is 13.1. The third-order valence-corrected chi connectivity index (χ3v) is 3.20. The third kappa shape index (κ3) is 4.03. The van der Waals surface area contributed by atoms with Crippen LogP contribution in [0.15, 0.2) is 36.9 Å². The van der Waals surface area contributed by atoms with Crippen LogP contribution < -0.4 is 21.5 Å². The molecule has 0 saturated carbocycles. The number of aromatic nitrogens is 2. The first-order valence-corrected chi connectivity index (χ1v) is 6.14. The van der Waals surface area contributed by atoms with Crippen molar-refractivity contribution < 1.29 is 26.3 Å². The molecule has 4 heteroatoms. The van der Waals surface area contributed by atoms with Crippen LogP contribution in [0, 0.1) is 13.8 Å². The van der Waals surface area contributed by atoms with Crippen molar-refractivity contribution in [2.45, 2.75) is 26.8 Å². The minimum absolute atomic E-state index is 0. The minimum Gasteiger partial charge on any atom is -1.00 e. The fraction of sp³-hybridized carbons (Fsp3) is 0.333. The molecule has 0 spiro atoms. The van der Waals surface area contributed by atoms with Gasteiger partial charge in [0.1, 0.15) is 18.9 Å². The van der Waals surface area contributed by atoms with E-state index in [9.17, 15) is 4.79 Å². The Kier molecular flexibility index (Phi) is 5.48. The molecule has 0 fully saturated rings. The second kappa shape index (κ2) is 6.66. The Morgan fingerprint density at radius 2 is 1.89 bits per heavy atom. The number of aryl methyl sites for hydroxylation is 3. The van der Waals surface area contributed by atoms with Gasteiger partial charge in [-0.3, -0.25) is 4.79 Å². The molecule has 0 unspecified atom stereocenters. The van der Waals surface area contributed by atoms with Crippen LogP contribution in [0.5, 0.6) is 0 Å². The zero-order valence-electron chi connectivity index (χ0n) is 11.6. The lowest BCUT2D eigenvalue weighted by Crippen LogP contribution is -3.00. The Balaban J connectivity index is 0.00000180. The van der Waals surface area contributed by atoms with Gasteiger partial charge in [-0.25, -0.2) is 9.13 Å². The Bertz CT molecular complexity index is 555. The average molecular weight is 323 g/mol. The highest BCUT2D eigenvalue weighted by Crippen LogP contribution is 2.14. The lowest BCUT2D eigenvalue weighted by atomic mass is 9.98. The number of nitrogens with zero attached hydrogens (tertiary/aromatic N) is 2. The van der Waals surface area contributed by atoms with Crippen LogP contribution in [-0.4, -0.2) is 10.4 Å². The van der Waals surface area contributed by atoms with Crippen molar-refractivity contribution >= 4 is 5.78 Å². The summed E-state index contributed by atoms with van der Waals surface area (Å²) in [5, 5.41) is 0. The maximum atomic E-state index is 12.1. The van der Waals surface area contributed by atoms with Crippen LogP contribution in [-0.2, 0) is 24.8 Å². The molecule has 0 aliphatic rings. The van der Waals surface area contributed by atoms with E-state index in [0.717, 1.165) is 0 Å². The summed E-state index contributed by atoms with van der Waals surface area (Å²) in [5.41, 5.74) is 3.56. The number of benzene rings is 1. The van der Waals surface area contributed by atoms with Crippen molar-refractivity contribution in [1.29, 1.82) is 0 Å². The Hall–Kier alpha value is -1.42. The molecule has 102 valence electrons. The first-order chi connectivity index (χ1) is 8.56. The molecule has 1 aromatic carbocycles. The monoisotopic (exact) mass is 322 g/mol. The summed E-state index contributed by atoms with van der Waals surface area (Å²) >= 11 is 0. The van der Waals surface area contributed by atoms with E-state index in [4.69, 9.17) is 0 Å². The smallest absolute Gasteiger partial charge is 0.243 e. The molecule has 0 bridgehead atoms. The number of rotatable bonds is 4. The van der Waals surface area contributed by atoms with Gasteiger partial charge < -0.3 is 17.0 Å². The molecule has 1 aromatic heterocycles. The van der Waals surface area contributed by atoms with Crippen LogP contribution in [0.3, 0.4) is 0 Å². The molecule has 2 rings (SSSR count). The van der Waals surface area contributed by atoms with Gasteiger partial charge in [0.25, 0.3) is 0 Å². The Morgan fingerprint density at radius 3 is 2.42 bits per heavy atom. The van der Waals surface area contributed by atoms with Gasteiger partial charge in [-0.05, 0) is 30.5 Å². The number of hydrogen-bond donors (Lipinski definition) is 0. The molecule has 0 amide bonds. The first kappa shape index (κ1) is 15.6. The maximum absolute atomic E-state index is 12.1. The molecule has 0 saturated heterocycles. The second-order valence-electron chi connectivity index (χ2n) is 4.84.